The molecule has 2 fully saturated rings. The summed E-state index contributed by atoms with van der Waals surface area (Å²) < 4.78 is 22.4. The fourth-order valence-corrected chi connectivity index (χ4v) is 5.28. The summed E-state index contributed by atoms with van der Waals surface area (Å²) in [6.07, 6.45) is 7.92. The maximum atomic E-state index is 14.4. The highest BCUT2D eigenvalue weighted by molar-refractivity contribution is 6.30. The quantitative estimate of drug-likeness (QED) is 0.494. The molecule has 1 amide bonds. The second kappa shape index (κ2) is 9.82. The van der Waals surface area contributed by atoms with Crippen molar-refractivity contribution in [1.82, 2.24) is 14.9 Å². The molecule has 3 aromatic rings. The summed E-state index contributed by atoms with van der Waals surface area (Å²) in [4.78, 5) is 18.6. The molecule has 0 spiro atoms. The molecule has 1 saturated carbocycles. The molecule has 0 bridgehead atoms. The maximum Gasteiger partial charge on any atom is 0.246 e. The van der Waals surface area contributed by atoms with Crippen LogP contribution in [0.2, 0.25) is 5.02 Å². The van der Waals surface area contributed by atoms with Gasteiger partial charge in [-0.1, -0.05) is 30.9 Å². The third kappa shape index (κ3) is 4.78. The van der Waals surface area contributed by atoms with Gasteiger partial charge >= 0.3 is 0 Å². The summed E-state index contributed by atoms with van der Waals surface area (Å²) in [5.41, 5.74) is 2.06. The number of rotatable bonds is 5. The summed E-state index contributed by atoms with van der Waals surface area (Å²) in [5, 5.41) is 3.91. The van der Waals surface area contributed by atoms with Gasteiger partial charge < -0.3 is 14.6 Å². The van der Waals surface area contributed by atoms with Crippen molar-refractivity contribution >= 4 is 28.5 Å². The zero-order chi connectivity index (χ0) is 22.8. The third-order valence-electron chi connectivity index (χ3n) is 6.82. The van der Waals surface area contributed by atoms with Crippen molar-refractivity contribution in [2.45, 2.75) is 69.6 Å². The Hall–Kier alpha value is -2.44. The molecule has 1 saturated heterocycles. The van der Waals surface area contributed by atoms with Crippen LogP contribution < -0.4 is 5.32 Å². The normalized spacial score (nSPS) is 20.6. The van der Waals surface area contributed by atoms with Crippen LogP contribution in [0, 0.1) is 5.82 Å². The van der Waals surface area contributed by atoms with Crippen molar-refractivity contribution < 1.29 is 13.9 Å². The van der Waals surface area contributed by atoms with E-state index in [-0.39, 0.29) is 23.9 Å². The van der Waals surface area contributed by atoms with E-state index in [0.717, 1.165) is 50.5 Å². The van der Waals surface area contributed by atoms with Gasteiger partial charge in [0.1, 0.15) is 17.7 Å². The van der Waals surface area contributed by atoms with Crippen LogP contribution in [0.5, 0.6) is 0 Å². The van der Waals surface area contributed by atoms with Crippen molar-refractivity contribution in [3.63, 3.8) is 0 Å². The molecule has 1 aromatic heterocycles. The predicted octanol–water partition coefficient (Wildman–Crippen LogP) is 6.05. The smallest absolute Gasteiger partial charge is 0.246 e. The topological polar surface area (TPSA) is 56.1 Å². The van der Waals surface area contributed by atoms with Gasteiger partial charge in [-0.15, -0.1) is 0 Å². The van der Waals surface area contributed by atoms with Crippen molar-refractivity contribution in [3.05, 3.63) is 53.3 Å². The Morgan fingerprint density at radius 1 is 1.06 bits per heavy atom. The van der Waals surface area contributed by atoms with Gasteiger partial charge in [0.2, 0.25) is 5.91 Å². The predicted molar refractivity (Wildman–Crippen MR) is 128 cm³/mol. The summed E-state index contributed by atoms with van der Waals surface area (Å²) in [5.74, 6) is 0.181. The Morgan fingerprint density at radius 2 is 1.82 bits per heavy atom. The van der Waals surface area contributed by atoms with Crippen LogP contribution in [0.15, 0.2) is 42.5 Å². The fraction of sp³-hybridized carbons (Fsp3) is 0.462. The molecule has 1 unspecified atom stereocenters. The highest BCUT2D eigenvalue weighted by atomic mass is 35.5. The summed E-state index contributed by atoms with van der Waals surface area (Å²) in [6.45, 7) is 0.620. The van der Waals surface area contributed by atoms with E-state index in [1.165, 1.54) is 18.6 Å². The van der Waals surface area contributed by atoms with E-state index in [1.807, 2.05) is 16.7 Å². The molecule has 2 aromatic carbocycles. The second-order valence-corrected chi connectivity index (χ2v) is 9.58. The fourth-order valence-electron chi connectivity index (χ4n) is 5.15. The Labute approximate surface area is 198 Å². The van der Waals surface area contributed by atoms with Gasteiger partial charge in [0, 0.05) is 23.2 Å². The average molecular weight is 470 g/mol. The van der Waals surface area contributed by atoms with Crippen LogP contribution in [0.1, 0.15) is 57.4 Å². The minimum atomic E-state index is -0.635. The molecule has 7 heteroatoms. The highest BCUT2D eigenvalue weighted by Gasteiger charge is 2.36. The van der Waals surface area contributed by atoms with Gasteiger partial charge in [0.15, 0.2) is 0 Å². The molecule has 1 aliphatic carbocycles. The van der Waals surface area contributed by atoms with Gasteiger partial charge in [-0.25, -0.2) is 9.37 Å². The van der Waals surface area contributed by atoms with Crippen molar-refractivity contribution in [1.29, 1.82) is 0 Å². The van der Waals surface area contributed by atoms with Gasteiger partial charge in [0.05, 0.1) is 17.1 Å². The zero-order valence-electron chi connectivity index (χ0n) is 18.6. The number of nitrogens with zero attached hydrogens (tertiary/aromatic N) is 2. The first kappa shape index (κ1) is 22.4. The van der Waals surface area contributed by atoms with E-state index >= 15 is 0 Å². The lowest BCUT2D eigenvalue weighted by molar-refractivity contribution is -0.131. The third-order valence-corrected chi connectivity index (χ3v) is 7.07. The van der Waals surface area contributed by atoms with Crippen molar-refractivity contribution in [2.24, 2.45) is 0 Å². The van der Waals surface area contributed by atoms with E-state index < -0.39 is 6.04 Å². The van der Waals surface area contributed by atoms with Gasteiger partial charge in [-0.3, -0.25) is 4.79 Å². The summed E-state index contributed by atoms with van der Waals surface area (Å²) >= 11 is 6.12. The Kier molecular flexibility index (Phi) is 6.65. The minimum absolute atomic E-state index is 0.0763. The molecular weight excluding hydrogens is 441 g/mol. The standard InChI is InChI=1S/C26H29ClFN3O2/c27-18-11-9-17(10-12-18)25-30-21-14-13-19(28)16-22(21)31(25)24(23-8-4-5-15-33-23)26(32)29-20-6-2-1-3-7-20/h9-14,16,20,23-24H,1-8,15H2,(H,29,32)/t23-,24?/m0/s1. The molecule has 2 atom stereocenters. The molecule has 1 aliphatic heterocycles. The number of fused-ring (bicyclic) bond motifs is 1. The van der Waals surface area contributed by atoms with E-state index in [9.17, 15) is 9.18 Å². The SMILES string of the molecule is O=C(NC1CCCCC1)C([C@@H]1CCCCO1)n1c(-c2ccc(Cl)cc2)nc2ccc(F)cc21. The first-order chi connectivity index (χ1) is 16.1. The highest BCUT2D eigenvalue weighted by Crippen LogP contribution is 2.35. The average Bonchev–Trinajstić information content (AvgIpc) is 3.19. The Balaban J connectivity index is 1.63. The first-order valence-corrected chi connectivity index (χ1v) is 12.3. The van der Waals surface area contributed by atoms with Gasteiger partial charge in [-0.2, -0.15) is 0 Å². The number of carbonyl (C=O) groups is 1. The molecule has 5 rings (SSSR count). The molecule has 1 N–H and O–H groups in total. The molecule has 2 aliphatic rings. The van der Waals surface area contributed by atoms with Crippen molar-refractivity contribution in [3.8, 4) is 11.4 Å². The van der Waals surface area contributed by atoms with E-state index in [0.29, 0.717) is 28.5 Å². The largest absolute Gasteiger partial charge is 0.376 e. The molecule has 0 radical (unpaired) electrons. The lowest BCUT2D eigenvalue weighted by atomic mass is 9.94. The van der Waals surface area contributed by atoms with Crippen LogP contribution in [0.25, 0.3) is 22.4 Å². The van der Waals surface area contributed by atoms with Crippen LogP contribution in [0.3, 0.4) is 0 Å². The zero-order valence-corrected chi connectivity index (χ0v) is 19.4. The number of halogens is 2. The molecule has 174 valence electrons. The maximum absolute atomic E-state index is 14.4. The molecule has 33 heavy (non-hydrogen) atoms. The second-order valence-electron chi connectivity index (χ2n) is 9.14. The van der Waals surface area contributed by atoms with E-state index in [2.05, 4.69) is 5.32 Å². The lowest BCUT2D eigenvalue weighted by Gasteiger charge is -2.33. The number of nitrogens with one attached hydrogen (secondary N) is 1. The first-order valence-electron chi connectivity index (χ1n) is 12.0. The summed E-state index contributed by atoms with van der Waals surface area (Å²) in [7, 11) is 0. The van der Waals surface area contributed by atoms with E-state index in [4.69, 9.17) is 21.3 Å². The number of imidazole rings is 1. The molecule has 5 nitrogen and oxygen atoms in total. The number of carbonyl (C=O) groups excluding carboxylic acids is 1. The Morgan fingerprint density at radius 3 is 2.55 bits per heavy atom. The van der Waals surface area contributed by atoms with Crippen LogP contribution >= 0.6 is 11.6 Å². The van der Waals surface area contributed by atoms with Crippen LogP contribution in [-0.4, -0.2) is 34.2 Å². The molecular formula is C26H29ClFN3O2. The summed E-state index contributed by atoms with van der Waals surface area (Å²) in [6, 6.07) is 11.4. The van der Waals surface area contributed by atoms with Crippen LogP contribution in [0.4, 0.5) is 4.39 Å². The number of amides is 1. The van der Waals surface area contributed by atoms with E-state index in [1.54, 1.807) is 18.2 Å². The monoisotopic (exact) mass is 469 g/mol. The van der Waals surface area contributed by atoms with Crippen LogP contribution in [-0.2, 0) is 9.53 Å². The number of hydrogen-bond donors (Lipinski definition) is 1. The van der Waals surface area contributed by atoms with Gasteiger partial charge in [-0.05, 0) is 74.6 Å². The Bertz CT molecular complexity index is 1120. The number of ether oxygens (including phenoxy) is 1. The number of aromatic nitrogens is 2. The molecule has 2 heterocycles. The number of hydrogen-bond acceptors (Lipinski definition) is 3. The van der Waals surface area contributed by atoms with Crippen molar-refractivity contribution in [2.75, 3.05) is 6.61 Å². The van der Waals surface area contributed by atoms with Gasteiger partial charge in [0.25, 0.3) is 0 Å². The minimum Gasteiger partial charge on any atom is -0.376 e. The number of benzene rings is 2. The lowest BCUT2D eigenvalue weighted by Crippen LogP contribution is -2.46.